The molecule has 0 amide bonds. The molecule has 27 heavy (non-hydrogen) atoms. The van der Waals surface area contributed by atoms with E-state index in [-0.39, 0.29) is 12.1 Å². The van der Waals surface area contributed by atoms with Gasteiger partial charge in [-0.3, -0.25) is 4.90 Å². The van der Waals surface area contributed by atoms with Gasteiger partial charge in [-0.15, -0.1) is 0 Å². The van der Waals surface area contributed by atoms with Crippen molar-refractivity contribution in [2.45, 2.75) is 43.9 Å². The van der Waals surface area contributed by atoms with E-state index in [4.69, 9.17) is 15.2 Å². The van der Waals surface area contributed by atoms with Crippen LogP contribution in [0.25, 0.3) is 0 Å². The third kappa shape index (κ3) is 4.00. The first-order valence-corrected chi connectivity index (χ1v) is 10.5. The van der Waals surface area contributed by atoms with Crippen molar-refractivity contribution in [1.82, 2.24) is 4.90 Å². The molecule has 1 saturated heterocycles. The third-order valence-electron chi connectivity index (χ3n) is 5.76. The zero-order valence-electron chi connectivity index (χ0n) is 15.7. The molecule has 3 atom stereocenters. The van der Waals surface area contributed by atoms with Gasteiger partial charge in [0.05, 0.1) is 17.6 Å². The van der Waals surface area contributed by atoms with Crippen LogP contribution in [0.4, 0.5) is 0 Å². The fourth-order valence-electron chi connectivity index (χ4n) is 4.42. The number of hydrogen-bond acceptors (Lipinski definition) is 4. The number of fused-ring (bicyclic) bond motifs is 1. The Balaban J connectivity index is 1.66. The van der Waals surface area contributed by atoms with Gasteiger partial charge >= 0.3 is 0 Å². The van der Waals surface area contributed by atoms with E-state index in [9.17, 15) is 0 Å². The van der Waals surface area contributed by atoms with Gasteiger partial charge in [0.25, 0.3) is 0 Å². The minimum absolute atomic E-state index is 0.00568. The van der Waals surface area contributed by atoms with Crippen molar-refractivity contribution in [3.05, 3.63) is 58.1 Å². The molecule has 0 bridgehead atoms. The molecule has 0 unspecified atom stereocenters. The van der Waals surface area contributed by atoms with Gasteiger partial charge in [-0.1, -0.05) is 24.3 Å². The summed E-state index contributed by atoms with van der Waals surface area (Å²) in [6.07, 6.45) is 4.48. The number of hydrogen-bond donors (Lipinski definition) is 1. The van der Waals surface area contributed by atoms with Gasteiger partial charge in [0.15, 0.2) is 0 Å². The van der Waals surface area contributed by atoms with Crippen molar-refractivity contribution in [1.29, 1.82) is 0 Å². The molecule has 0 saturated carbocycles. The van der Waals surface area contributed by atoms with Crippen LogP contribution in [0, 0.1) is 0 Å². The Bertz CT molecular complexity index is 798. The molecule has 2 aliphatic rings. The van der Waals surface area contributed by atoms with Crippen LogP contribution in [0.1, 0.15) is 36.5 Å². The van der Waals surface area contributed by atoms with Crippen LogP contribution >= 0.6 is 15.9 Å². The van der Waals surface area contributed by atoms with Crippen LogP contribution in [0.3, 0.4) is 0 Å². The van der Waals surface area contributed by atoms with Crippen LogP contribution in [-0.4, -0.2) is 37.2 Å². The first-order chi connectivity index (χ1) is 13.2. The number of aryl methyl sites for hydroxylation is 1. The van der Waals surface area contributed by atoms with Crippen LogP contribution in [-0.2, 0) is 6.42 Å². The topological polar surface area (TPSA) is 47.7 Å². The predicted molar refractivity (Wildman–Crippen MR) is 111 cm³/mol. The molecular weight excluding hydrogens is 404 g/mol. The van der Waals surface area contributed by atoms with E-state index in [1.54, 1.807) is 7.11 Å². The van der Waals surface area contributed by atoms with Crippen molar-refractivity contribution in [3.8, 4) is 11.5 Å². The summed E-state index contributed by atoms with van der Waals surface area (Å²) in [6.45, 7) is 2.06. The first-order valence-electron chi connectivity index (χ1n) is 9.73. The molecule has 4 rings (SSSR count). The lowest BCUT2D eigenvalue weighted by Gasteiger charge is -2.43. The van der Waals surface area contributed by atoms with Crippen molar-refractivity contribution in [3.63, 3.8) is 0 Å². The highest BCUT2D eigenvalue weighted by Gasteiger charge is 2.36. The first kappa shape index (κ1) is 18.8. The Morgan fingerprint density at radius 3 is 2.81 bits per heavy atom. The van der Waals surface area contributed by atoms with E-state index in [0.717, 1.165) is 54.7 Å². The van der Waals surface area contributed by atoms with E-state index in [0.29, 0.717) is 6.04 Å². The highest BCUT2D eigenvalue weighted by molar-refractivity contribution is 9.10. The number of likely N-dealkylation sites (tertiary alicyclic amines) is 1. The molecule has 1 fully saturated rings. The maximum atomic E-state index is 6.60. The molecule has 2 aromatic rings. The van der Waals surface area contributed by atoms with E-state index in [2.05, 4.69) is 45.1 Å². The number of ether oxygens (including phenoxy) is 2. The monoisotopic (exact) mass is 430 g/mol. The lowest BCUT2D eigenvalue weighted by atomic mass is 9.84. The van der Waals surface area contributed by atoms with Gasteiger partial charge in [0.1, 0.15) is 17.6 Å². The molecule has 2 aromatic carbocycles. The molecule has 0 radical (unpaired) electrons. The van der Waals surface area contributed by atoms with Crippen molar-refractivity contribution in [2.75, 3.05) is 20.2 Å². The fraction of sp³-hybridized carbons (Fsp3) is 0.455. The molecule has 4 nitrogen and oxygen atoms in total. The number of benzene rings is 2. The number of rotatable bonds is 4. The van der Waals surface area contributed by atoms with E-state index < -0.39 is 0 Å². The van der Waals surface area contributed by atoms with Crippen LogP contribution in [0.5, 0.6) is 11.5 Å². The van der Waals surface area contributed by atoms with Gasteiger partial charge < -0.3 is 15.2 Å². The highest BCUT2D eigenvalue weighted by atomic mass is 79.9. The van der Waals surface area contributed by atoms with Gasteiger partial charge in [-0.05, 0) is 71.4 Å². The molecule has 1 heterocycles. The lowest BCUT2D eigenvalue weighted by molar-refractivity contribution is 0.0366. The second-order valence-corrected chi connectivity index (χ2v) is 8.39. The second kappa shape index (κ2) is 8.21. The summed E-state index contributed by atoms with van der Waals surface area (Å²) in [5.74, 6) is 1.62. The van der Waals surface area contributed by atoms with Crippen molar-refractivity contribution < 1.29 is 9.47 Å². The Kier molecular flexibility index (Phi) is 5.71. The highest BCUT2D eigenvalue weighted by Crippen LogP contribution is 2.39. The molecule has 0 aromatic heterocycles. The average molecular weight is 431 g/mol. The maximum absolute atomic E-state index is 6.60. The molecule has 2 N–H and O–H groups in total. The largest absolute Gasteiger partial charge is 0.495 e. The lowest BCUT2D eigenvalue weighted by Crippen LogP contribution is -2.51. The predicted octanol–water partition coefficient (Wildman–Crippen LogP) is 4.32. The van der Waals surface area contributed by atoms with Gasteiger partial charge in [0.2, 0.25) is 0 Å². The summed E-state index contributed by atoms with van der Waals surface area (Å²) in [4.78, 5) is 2.55. The van der Waals surface area contributed by atoms with E-state index >= 15 is 0 Å². The Labute approximate surface area is 169 Å². The van der Waals surface area contributed by atoms with Gasteiger partial charge in [-0.2, -0.15) is 0 Å². The SMILES string of the molecule is COc1cc(O[C@H]2c3ccccc3CC[C@@H]2N2CCC[C@@H](N)C2)ccc1Br. The van der Waals surface area contributed by atoms with Crippen molar-refractivity contribution in [2.24, 2.45) is 5.73 Å². The van der Waals surface area contributed by atoms with E-state index in [1.165, 1.54) is 11.1 Å². The summed E-state index contributed by atoms with van der Waals surface area (Å²) in [7, 11) is 1.68. The summed E-state index contributed by atoms with van der Waals surface area (Å²) in [5.41, 5.74) is 8.97. The Morgan fingerprint density at radius 2 is 2.00 bits per heavy atom. The Hall–Kier alpha value is -1.56. The minimum atomic E-state index is 0.00568. The summed E-state index contributed by atoms with van der Waals surface area (Å²) in [6, 6.07) is 15.2. The number of nitrogens with two attached hydrogens (primary N) is 1. The number of piperidine rings is 1. The molecule has 5 heteroatoms. The molecule has 1 aliphatic heterocycles. The summed E-state index contributed by atoms with van der Waals surface area (Å²) >= 11 is 3.52. The van der Waals surface area contributed by atoms with E-state index in [1.807, 2.05) is 18.2 Å². The second-order valence-electron chi connectivity index (χ2n) is 7.54. The average Bonchev–Trinajstić information content (AvgIpc) is 2.69. The zero-order chi connectivity index (χ0) is 18.8. The number of halogens is 1. The van der Waals surface area contributed by atoms with Crippen LogP contribution in [0.15, 0.2) is 46.9 Å². The molecule has 1 aliphatic carbocycles. The Morgan fingerprint density at radius 1 is 1.15 bits per heavy atom. The quantitative estimate of drug-likeness (QED) is 0.784. The van der Waals surface area contributed by atoms with Crippen molar-refractivity contribution >= 4 is 15.9 Å². The smallest absolute Gasteiger partial charge is 0.139 e. The summed E-state index contributed by atoms with van der Waals surface area (Å²) < 4.78 is 13.0. The standard InChI is InChI=1S/C22H27BrN2O2/c1-26-21-13-17(9-10-19(21)23)27-22-18-7-3-2-5-15(18)8-11-20(22)25-12-4-6-16(24)14-25/h2-3,5,7,9-10,13,16,20,22H,4,6,8,11-12,14,24H2,1H3/t16-,20+,22+/m1/s1. The fourth-order valence-corrected chi connectivity index (χ4v) is 4.83. The number of methoxy groups -OCH3 is 1. The normalized spacial score (nSPS) is 25.7. The minimum Gasteiger partial charge on any atom is -0.495 e. The molecule has 144 valence electrons. The summed E-state index contributed by atoms with van der Waals surface area (Å²) in [5, 5.41) is 0. The van der Waals surface area contributed by atoms with Crippen LogP contribution in [0.2, 0.25) is 0 Å². The van der Waals surface area contributed by atoms with Crippen LogP contribution < -0.4 is 15.2 Å². The van der Waals surface area contributed by atoms with Gasteiger partial charge in [0, 0.05) is 18.7 Å². The number of nitrogens with zero attached hydrogens (tertiary/aromatic N) is 1. The van der Waals surface area contributed by atoms with Gasteiger partial charge in [-0.25, -0.2) is 0 Å². The maximum Gasteiger partial charge on any atom is 0.139 e. The molecule has 0 spiro atoms. The molecular formula is C22H27BrN2O2. The zero-order valence-corrected chi connectivity index (χ0v) is 17.3. The third-order valence-corrected chi connectivity index (χ3v) is 6.42.